The zero-order valence-corrected chi connectivity index (χ0v) is 11.2. The highest BCUT2D eigenvalue weighted by molar-refractivity contribution is 4.97. The summed E-state index contributed by atoms with van der Waals surface area (Å²) in [6.45, 7) is 5.56. The topological polar surface area (TPSA) is 30.7 Å². The third-order valence-corrected chi connectivity index (χ3v) is 3.68. The van der Waals surface area contributed by atoms with Crippen molar-refractivity contribution in [2.24, 2.45) is 5.92 Å². The standard InChI is InChI=1S/C14H25N3/c1-12(2)10-17-11-15-16-14(17)13-8-6-4-3-5-7-9-13/h11-13H,3-10H2,1-2H3. The van der Waals surface area contributed by atoms with E-state index >= 15 is 0 Å². The number of rotatable bonds is 3. The zero-order valence-electron chi connectivity index (χ0n) is 11.2. The summed E-state index contributed by atoms with van der Waals surface area (Å²) >= 11 is 0. The molecule has 0 N–H and O–H groups in total. The zero-order chi connectivity index (χ0) is 12.1. The van der Waals surface area contributed by atoms with Gasteiger partial charge in [0.25, 0.3) is 0 Å². The Morgan fingerprint density at radius 3 is 2.47 bits per heavy atom. The maximum absolute atomic E-state index is 4.38. The predicted octanol–water partition coefficient (Wildman–Crippen LogP) is 3.76. The summed E-state index contributed by atoms with van der Waals surface area (Å²) in [6.07, 6.45) is 11.5. The van der Waals surface area contributed by atoms with Crippen LogP contribution in [-0.4, -0.2) is 14.8 Å². The summed E-state index contributed by atoms with van der Waals surface area (Å²) in [4.78, 5) is 0. The van der Waals surface area contributed by atoms with E-state index in [0.717, 1.165) is 6.54 Å². The van der Waals surface area contributed by atoms with Crippen LogP contribution in [0.3, 0.4) is 0 Å². The normalized spacial score (nSPS) is 19.2. The van der Waals surface area contributed by atoms with Crippen molar-refractivity contribution in [1.82, 2.24) is 14.8 Å². The Balaban J connectivity index is 2.05. The summed E-state index contributed by atoms with van der Waals surface area (Å²) < 4.78 is 2.27. The Kier molecular flexibility index (Phi) is 4.57. The van der Waals surface area contributed by atoms with Crippen LogP contribution in [-0.2, 0) is 6.54 Å². The van der Waals surface area contributed by atoms with Crippen molar-refractivity contribution in [1.29, 1.82) is 0 Å². The molecule has 0 atom stereocenters. The van der Waals surface area contributed by atoms with Gasteiger partial charge in [-0.15, -0.1) is 10.2 Å². The molecular weight excluding hydrogens is 210 g/mol. The molecule has 17 heavy (non-hydrogen) atoms. The molecule has 0 spiro atoms. The predicted molar refractivity (Wildman–Crippen MR) is 69.9 cm³/mol. The molecule has 0 radical (unpaired) electrons. The lowest BCUT2D eigenvalue weighted by Gasteiger charge is -2.20. The second-order valence-electron chi connectivity index (χ2n) is 5.78. The summed E-state index contributed by atoms with van der Waals surface area (Å²) in [5.41, 5.74) is 0. The summed E-state index contributed by atoms with van der Waals surface area (Å²) in [6, 6.07) is 0. The Labute approximate surface area is 105 Å². The molecule has 0 unspecified atom stereocenters. The molecule has 0 aliphatic heterocycles. The largest absolute Gasteiger partial charge is 0.317 e. The molecule has 1 aliphatic rings. The Hall–Kier alpha value is -0.860. The number of hydrogen-bond acceptors (Lipinski definition) is 2. The number of aromatic nitrogens is 3. The van der Waals surface area contributed by atoms with E-state index in [0.29, 0.717) is 11.8 Å². The lowest BCUT2D eigenvalue weighted by Crippen LogP contribution is -2.13. The van der Waals surface area contributed by atoms with E-state index in [1.807, 2.05) is 6.33 Å². The monoisotopic (exact) mass is 235 g/mol. The first-order valence-corrected chi connectivity index (χ1v) is 7.15. The Bertz CT molecular complexity index is 322. The second kappa shape index (κ2) is 6.18. The molecule has 3 nitrogen and oxygen atoms in total. The molecule has 1 aliphatic carbocycles. The van der Waals surface area contributed by atoms with Crippen molar-refractivity contribution in [2.45, 2.75) is 71.3 Å². The van der Waals surface area contributed by atoms with E-state index < -0.39 is 0 Å². The maximum atomic E-state index is 4.38. The van der Waals surface area contributed by atoms with Gasteiger partial charge in [-0.3, -0.25) is 0 Å². The van der Waals surface area contributed by atoms with Crippen molar-refractivity contribution < 1.29 is 0 Å². The van der Waals surface area contributed by atoms with Gasteiger partial charge in [-0.05, 0) is 18.8 Å². The summed E-state index contributed by atoms with van der Waals surface area (Å²) in [7, 11) is 0. The molecule has 1 saturated carbocycles. The van der Waals surface area contributed by atoms with E-state index in [2.05, 4.69) is 28.6 Å². The van der Waals surface area contributed by atoms with Crippen LogP contribution in [0, 0.1) is 5.92 Å². The maximum Gasteiger partial charge on any atom is 0.135 e. The van der Waals surface area contributed by atoms with Gasteiger partial charge >= 0.3 is 0 Å². The first kappa shape index (κ1) is 12.6. The van der Waals surface area contributed by atoms with Crippen LogP contribution in [0.5, 0.6) is 0 Å². The van der Waals surface area contributed by atoms with Gasteiger partial charge in [0, 0.05) is 12.5 Å². The van der Waals surface area contributed by atoms with E-state index in [1.165, 1.54) is 50.8 Å². The SMILES string of the molecule is CC(C)Cn1cnnc1C1CCCCCCC1. The Morgan fingerprint density at radius 1 is 1.18 bits per heavy atom. The second-order valence-corrected chi connectivity index (χ2v) is 5.78. The quantitative estimate of drug-likeness (QED) is 0.798. The first-order chi connectivity index (χ1) is 8.27. The Morgan fingerprint density at radius 2 is 1.82 bits per heavy atom. The van der Waals surface area contributed by atoms with Gasteiger partial charge in [-0.25, -0.2) is 0 Å². The fourth-order valence-corrected chi connectivity index (χ4v) is 2.83. The number of hydrogen-bond donors (Lipinski definition) is 0. The van der Waals surface area contributed by atoms with Crippen molar-refractivity contribution in [2.75, 3.05) is 0 Å². The molecule has 1 aromatic heterocycles. The third kappa shape index (κ3) is 3.55. The molecular formula is C14H25N3. The molecule has 0 aromatic carbocycles. The lowest BCUT2D eigenvalue weighted by molar-refractivity contribution is 0.415. The van der Waals surface area contributed by atoms with Gasteiger partial charge in [0.05, 0.1) is 0 Å². The molecule has 2 rings (SSSR count). The molecule has 1 heterocycles. The van der Waals surface area contributed by atoms with Crippen LogP contribution in [0.4, 0.5) is 0 Å². The molecule has 0 amide bonds. The lowest BCUT2D eigenvalue weighted by atomic mass is 9.90. The highest BCUT2D eigenvalue weighted by Crippen LogP contribution is 2.29. The van der Waals surface area contributed by atoms with Crippen molar-refractivity contribution in [3.8, 4) is 0 Å². The van der Waals surface area contributed by atoms with Crippen LogP contribution in [0.1, 0.15) is 70.5 Å². The van der Waals surface area contributed by atoms with Gasteiger partial charge in [0.15, 0.2) is 0 Å². The van der Waals surface area contributed by atoms with Crippen LogP contribution < -0.4 is 0 Å². The average Bonchev–Trinajstić information content (AvgIpc) is 2.64. The van der Waals surface area contributed by atoms with E-state index in [9.17, 15) is 0 Å². The van der Waals surface area contributed by atoms with Crippen LogP contribution in [0.15, 0.2) is 6.33 Å². The fraction of sp³-hybridized carbons (Fsp3) is 0.857. The van der Waals surface area contributed by atoms with E-state index in [-0.39, 0.29) is 0 Å². The van der Waals surface area contributed by atoms with Gasteiger partial charge in [0.2, 0.25) is 0 Å². The summed E-state index contributed by atoms with van der Waals surface area (Å²) in [5.74, 6) is 2.55. The van der Waals surface area contributed by atoms with Gasteiger partial charge in [0.1, 0.15) is 12.2 Å². The van der Waals surface area contributed by atoms with Crippen molar-refractivity contribution >= 4 is 0 Å². The minimum atomic E-state index is 0.650. The van der Waals surface area contributed by atoms with E-state index in [4.69, 9.17) is 0 Å². The van der Waals surface area contributed by atoms with Gasteiger partial charge < -0.3 is 4.57 Å². The smallest absolute Gasteiger partial charge is 0.135 e. The van der Waals surface area contributed by atoms with Gasteiger partial charge in [-0.1, -0.05) is 46.0 Å². The molecule has 0 saturated heterocycles. The highest BCUT2D eigenvalue weighted by atomic mass is 15.3. The van der Waals surface area contributed by atoms with Crippen molar-refractivity contribution in [3.63, 3.8) is 0 Å². The first-order valence-electron chi connectivity index (χ1n) is 7.15. The van der Waals surface area contributed by atoms with Crippen LogP contribution >= 0.6 is 0 Å². The molecule has 3 heteroatoms. The number of nitrogens with zero attached hydrogens (tertiary/aromatic N) is 3. The minimum absolute atomic E-state index is 0.650. The molecule has 1 fully saturated rings. The van der Waals surface area contributed by atoms with E-state index in [1.54, 1.807) is 0 Å². The third-order valence-electron chi connectivity index (χ3n) is 3.68. The summed E-state index contributed by atoms with van der Waals surface area (Å²) in [5, 5.41) is 8.50. The fourth-order valence-electron chi connectivity index (χ4n) is 2.83. The van der Waals surface area contributed by atoms with Crippen molar-refractivity contribution in [3.05, 3.63) is 12.2 Å². The van der Waals surface area contributed by atoms with Crippen LogP contribution in [0.2, 0.25) is 0 Å². The molecule has 96 valence electrons. The van der Waals surface area contributed by atoms with Gasteiger partial charge in [-0.2, -0.15) is 0 Å². The highest BCUT2D eigenvalue weighted by Gasteiger charge is 2.19. The minimum Gasteiger partial charge on any atom is -0.317 e. The molecule has 1 aromatic rings. The van der Waals surface area contributed by atoms with Crippen LogP contribution in [0.25, 0.3) is 0 Å². The molecule has 0 bridgehead atoms. The average molecular weight is 235 g/mol.